The Morgan fingerprint density at radius 1 is 1.09 bits per heavy atom. The Hall–Kier alpha value is -4.17. The molecule has 0 aromatic carbocycles. The van der Waals surface area contributed by atoms with E-state index in [0.717, 1.165) is 12.1 Å². The van der Waals surface area contributed by atoms with Gasteiger partial charge in [-0.1, -0.05) is 70.2 Å². The van der Waals surface area contributed by atoms with Gasteiger partial charge in [-0.25, -0.2) is 23.2 Å². The predicted molar refractivity (Wildman–Crippen MR) is 185 cm³/mol. The summed E-state index contributed by atoms with van der Waals surface area (Å²) in [7, 11) is -2.79. The number of hydrogen-bond donors (Lipinski definition) is 2. The van der Waals surface area contributed by atoms with Crippen LogP contribution in [-0.4, -0.2) is 62.5 Å². The maximum atomic E-state index is 12.2. The smallest absolute Gasteiger partial charge is 0.350 e. The molecule has 0 bridgehead atoms. The van der Waals surface area contributed by atoms with Gasteiger partial charge in [0.2, 0.25) is 5.95 Å². The quantitative estimate of drug-likeness (QED) is 0.123. The van der Waals surface area contributed by atoms with E-state index in [1.807, 2.05) is 50.5 Å². The van der Waals surface area contributed by atoms with Gasteiger partial charge in [0.05, 0.1) is 36.6 Å². The number of aryl methyl sites for hydroxylation is 1. The molecule has 0 spiro atoms. The Morgan fingerprint density at radius 2 is 1.82 bits per heavy atom. The first kappa shape index (κ1) is 38.9. The number of aromatic nitrogens is 6. The number of fused-ring (bicyclic) bond motifs is 1. The Labute approximate surface area is 271 Å². The number of anilines is 3. The molecule has 0 atom stereocenters. The summed E-state index contributed by atoms with van der Waals surface area (Å²) in [6.45, 7) is 18.3. The first-order valence-electron chi connectivity index (χ1n) is 14.9. The van der Waals surface area contributed by atoms with Crippen molar-refractivity contribution in [3.05, 3.63) is 71.8 Å². The molecule has 4 aromatic rings. The van der Waals surface area contributed by atoms with Gasteiger partial charge in [-0.15, -0.1) is 6.58 Å². The fourth-order valence-corrected chi connectivity index (χ4v) is 4.72. The molecule has 0 saturated carbocycles. The number of nitrogens with one attached hydrogen (secondary N) is 2. The zero-order valence-corrected chi connectivity index (χ0v) is 29.1. The normalized spacial score (nSPS) is 10.5. The fraction of sp³-hybridized carbons (Fsp3) is 0.419. The van der Waals surface area contributed by atoms with E-state index in [1.54, 1.807) is 26.4 Å². The third-order valence-electron chi connectivity index (χ3n) is 5.23. The van der Waals surface area contributed by atoms with E-state index >= 15 is 0 Å². The minimum atomic E-state index is -2.79. The van der Waals surface area contributed by atoms with E-state index in [0.29, 0.717) is 58.3 Å². The number of thiazole rings is 1. The van der Waals surface area contributed by atoms with Crippen molar-refractivity contribution in [3.63, 3.8) is 0 Å². The highest BCUT2D eigenvalue weighted by molar-refractivity contribution is 7.90. The number of carbonyl (C=O) groups is 1. The molecule has 246 valence electrons. The van der Waals surface area contributed by atoms with Crippen molar-refractivity contribution in [2.45, 2.75) is 68.0 Å². The number of nitrogens with zero attached hydrogens (tertiary/aromatic N) is 6. The molecule has 2 N–H and O–H groups in total. The zero-order chi connectivity index (χ0) is 33.8. The number of allylic oxidation sites excluding steroid dienone is 2. The van der Waals surface area contributed by atoms with E-state index in [2.05, 4.69) is 61.2 Å². The summed E-state index contributed by atoms with van der Waals surface area (Å²) in [5, 5.41) is 6.97. The van der Waals surface area contributed by atoms with Gasteiger partial charge in [-0.2, -0.15) is 9.97 Å². The van der Waals surface area contributed by atoms with Crippen LogP contribution in [0.25, 0.3) is 11.2 Å². The summed E-state index contributed by atoms with van der Waals surface area (Å²) < 4.78 is 27.4. The van der Waals surface area contributed by atoms with Crippen molar-refractivity contribution in [2.24, 2.45) is 0 Å². The molecule has 0 aliphatic carbocycles. The zero-order valence-electron chi connectivity index (χ0n) is 27.5. The summed E-state index contributed by atoms with van der Waals surface area (Å²) in [6.07, 6.45) is 11.2. The molecular formula is C31H46N8O4S2. The van der Waals surface area contributed by atoms with Crippen LogP contribution in [0.4, 0.5) is 16.9 Å². The maximum absolute atomic E-state index is 12.2. The topological polar surface area (TPSA) is 154 Å². The Balaban J connectivity index is 0.000000803. The van der Waals surface area contributed by atoms with E-state index in [1.165, 1.54) is 23.7 Å². The van der Waals surface area contributed by atoms with Gasteiger partial charge < -0.3 is 14.6 Å². The Bertz CT molecular complexity index is 1600. The first-order chi connectivity index (χ1) is 21.6. The van der Waals surface area contributed by atoms with Crippen molar-refractivity contribution >= 4 is 55.2 Å². The van der Waals surface area contributed by atoms with E-state index in [9.17, 15) is 13.2 Å². The van der Waals surface area contributed by atoms with Crippen molar-refractivity contribution < 1.29 is 17.9 Å². The van der Waals surface area contributed by atoms with Crippen LogP contribution < -0.4 is 10.6 Å². The van der Waals surface area contributed by atoms with Crippen LogP contribution in [0.15, 0.2) is 55.5 Å². The fourth-order valence-electron chi connectivity index (χ4n) is 3.43. The molecule has 0 amide bonds. The van der Waals surface area contributed by atoms with Crippen LogP contribution in [0.5, 0.6) is 0 Å². The van der Waals surface area contributed by atoms with Crippen molar-refractivity contribution in [1.82, 2.24) is 29.5 Å². The number of hydrogen-bond acceptors (Lipinski definition) is 12. The summed E-state index contributed by atoms with van der Waals surface area (Å²) in [5.74, 6) is 0.615. The van der Waals surface area contributed by atoms with E-state index in [-0.39, 0.29) is 11.7 Å². The van der Waals surface area contributed by atoms with Gasteiger partial charge in [-0.05, 0) is 32.4 Å². The molecule has 12 nitrogen and oxygen atoms in total. The van der Waals surface area contributed by atoms with Gasteiger partial charge in [-0.3, -0.25) is 10.3 Å². The molecular weight excluding hydrogens is 613 g/mol. The van der Waals surface area contributed by atoms with Crippen LogP contribution in [0.3, 0.4) is 0 Å². The number of sulfone groups is 1. The molecule has 0 saturated heterocycles. The second-order valence-electron chi connectivity index (χ2n) is 8.68. The summed E-state index contributed by atoms with van der Waals surface area (Å²) in [5.41, 5.74) is 2.81. The second-order valence-corrected chi connectivity index (χ2v) is 11.9. The van der Waals surface area contributed by atoms with Gasteiger partial charge in [0.1, 0.15) is 4.88 Å². The molecule has 0 aliphatic heterocycles. The molecule has 4 aromatic heterocycles. The van der Waals surface area contributed by atoms with Gasteiger partial charge >= 0.3 is 5.97 Å². The van der Waals surface area contributed by atoms with Gasteiger partial charge in [0.15, 0.2) is 32.0 Å². The van der Waals surface area contributed by atoms with Gasteiger partial charge in [0, 0.05) is 19.0 Å². The molecule has 0 unspecified atom stereocenters. The van der Waals surface area contributed by atoms with Crippen molar-refractivity contribution in [2.75, 3.05) is 29.2 Å². The monoisotopic (exact) mass is 658 g/mol. The Kier molecular flexibility index (Phi) is 17.9. The van der Waals surface area contributed by atoms with Crippen LogP contribution >= 0.6 is 11.3 Å². The molecule has 4 heterocycles. The standard InChI is InChI=1S/C23H26N8O2S.C4H8O2S.2C2H6/c1-4-6-9-12-31-14-26-17-19(25-13-16-10-7-8-11-24-16)28-22(29-20(17)31)30-23-27-15(3)18(34-23)21(32)33-5-2;1-3-4-7(2,5)6;2*1-2/h6-11,14H,4-5,12-13H2,1-3H3,(H2,25,27,28,29,30);3H,1,4H2,2H3;2*1-2H3/b9-6+;;;. The van der Waals surface area contributed by atoms with Crippen LogP contribution in [0, 0.1) is 6.92 Å². The lowest BCUT2D eigenvalue weighted by molar-refractivity contribution is 0.0531. The molecule has 0 fully saturated rings. The lowest BCUT2D eigenvalue weighted by Crippen LogP contribution is -2.07. The number of imidazole rings is 1. The molecule has 0 radical (unpaired) electrons. The number of carbonyl (C=O) groups excluding carboxylic acids is 1. The molecule has 14 heteroatoms. The minimum Gasteiger partial charge on any atom is -0.462 e. The second kappa shape index (κ2) is 20.7. The van der Waals surface area contributed by atoms with Crippen LogP contribution in [0.2, 0.25) is 0 Å². The van der Waals surface area contributed by atoms with Gasteiger partial charge in [0.25, 0.3) is 0 Å². The third kappa shape index (κ3) is 13.2. The number of ether oxygens (including phenoxy) is 1. The SMILES string of the molecule is C=CCS(C)(=O)=O.CC.CC.CC/C=C/Cn1cnc2c(NCc3ccccn3)nc(Nc3nc(C)c(C(=O)OCC)s3)nc21. The van der Waals surface area contributed by atoms with Crippen molar-refractivity contribution in [1.29, 1.82) is 0 Å². The summed E-state index contributed by atoms with van der Waals surface area (Å²) in [4.78, 5) is 35.3. The lowest BCUT2D eigenvalue weighted by Gasteiger charge is -2.09. The molecule has 45 heavy (non-hydrogen) atoms. The number of esters is 1. The van der Waals surface area contributed by atoms with E-state index in [4.69, 9.17) is 4.74 Å². The summed E-state index contributed by atoms with van der Waals surface area (Å²) in [6, 6.07) is 5.75. The average Bonchev–Trinajstić information content (AvgIpc) is 3.61. The van der Waals surface area contributed by atoms with E-state index < -0.39 is 9.84 Å². The summed E-state index contributed by atoms with van der Waals surface area (Å²) >= 11 is 1.21. The Morgan fingerprint density at radius 3 is 2.40 bits per heavy atom. The van der Waals surface area contributed by atoms with Crippen LogP contribution in [0.1, 0.15) is 69.0 Å². The highest BCUT2D eigenvalue weighted by Gasteiger charge is 2.18. The average molecular weight is 659 g/mol. The third-order valence-corrected chi connectivity index (χ3v) is 7.12. The first-order valence-corrected chi connectivity index (χ1v) is 17.7. The largest absolute Gasteiger partial charge is 0.462 e. The number of rotatable bonds is 12. The lowest BCUT2D eigenvalue weighted by atomic mass is 10.3. The highest BCUT2D eigenvalue weighted by atomic mass is 32.2. The number of pyridine rings is 1. The molecule has 0 aliphatic rings. The van der Waals surface area contributed by atoms with Crippen LogP contribution in [-0.2, 0) is 27.7 Å². The maximum Gasteiger partial charge on any atom is 0.350 e. The minimum absolute atomic E-state index is 0.0764. The van der Waals surface area contributed by atoms with Crippen molar-refractivity contribution in [3.8, 4) is 0 Å². The highest BCUT2D eigenvalue weighted by Crippen LogP contribution is 2.28. The predicted octanol–water partition coefficient (Wildman–Crippen LogP) is 6.75. The molecule has 4 rings (SSSR count).